The van der Waals surface area contributed by atoms with Crippen LogP contribution in [0.2, 0.25) is 0 Å². The van der Waals surface area contributed by atoms with Crippen LogP contribution in [0.15, 0.2) is 17.1 Å². The highest BCUT2D eigenvalue weighted by atomic mass is 32.1. The van der Waals surface area contributed by atoms with Crippen LogP contribution in [0.25, 0.3) is 0 Å². The van der Waals surface area contributed by atoms with Crippen LogP contribution < -0.4 is 5.73 Å². The highest BCUT2D eigenvalue weighted by Crippen LogP contribution is 2.30. The molecule has 1 aromatic rings. The lowest BCUT2D eigenvalue weighted by Crippen LogP contribution is -2.35. The third-order valence-electron chi connectivity index (χ3n) is 2.80. The van der Waals surface area contributed by atoms with Crippen LogP contribution in [0, 0.1) is 0 Å². The average molecular weight is 223 g/mol. The Morgan fingerprint density at radius 1 is 1.53 bits per heavy atom. The number of guanidine groups is 1. The SMILES string of the molecule is CCc1ccc(C2CN=C(N)N2CC)s1. The maximum absolute atomic E-state index is 5.84. The third-order valence-corrected chi connectivity index (χ3v) is 4.13. The molecule has 2 heterocycles. The van der Waals surface area contributed by atoms with Gasteiger partial charge in [0.15, 0.2) is 5.96 Å². The van der Waals surface area contributed by atoms with Gasteiger partial charge in [-0.05, 0) is 25.5 Å². The molecule has 2 rings (SSSR count). The van der Waals surface area contributed by atoms with Gasteiger partial charge in [0.05, 0.1) is 12.6 Å². The summed E-state index contributed by atoms with van der Waals surface area (Å²) in [5, 5.41) is 0. The number of aliphatic imine (C=N–C) groups is 1. The molecule has 4 heteroatoms. The number of hydrogen-bond donors (Lipinski definition) is 1. The van der Waals surface area contributed by atoms with E-state index in [2.05, 4.69) is 35.9 Å². The Morgan fingerprint density at radius 2 is 2.33 bits per heavy atom. The van der Waals surface area contributed by atoms with E-state index in [4.69, 9.17) is 5.73 Å². The lowest BCUT2D eigenvalue weighted by Gasteiger charge is -2.23. The molecule has 0 aliphatic carbocycles. The summed E-state index contributed by atoms with van der Waals surface area (Å²) in [6.07, 6.45) is 1.11. The van der Waals surface area contributed by atoms with Gasteiger partial charge in [-0.15, -0.1) is 11.3 Å². The van der Waals surface area contributed by atoms with Crippen LogP contribution in [0.5, 0.6) is 0 Å². The van der Waals surface area contributed by atoms with Crippen molar-refractivity contribution in [3.8, 4) is 0 Å². The topological polar surface area (TPSA) is 41.6 Å². The first-order valence-corrected chi connectivity index (χ1v) is 6.23. The van der Waals surface area contributed by atoms with Crippen molar-refractivity contribution in [2.24, 2.45) is 10.7 Å². The predicted molar refractivity (Wildman–Crippen MR) is 65.3 cm³/mol. The number of thiophene rings is 1. The highest BCUT2D eigenvalue weighted by molar-refractivity contribution is 7.12. The molecule has 82 valence electrons. The molecule has 0 spiro atoms. The molecular weight excluding hydrogens is 206 g/mol. The van der Waals surface area contributed by atoms with E-state index in [1.165, 1.54) is 9.75 Å². The molecule has 0 radical (unpaired) electrons. The maximum atomic E-state index is 5.84. The summed E-state index contributed by atoms with van der Waals surface area (Å²) in [6.45, 7) is 6.05. The summed E-state index contributed by atoms with van der Waals surface area (Å²) in [7, 11) is 0. The molecule has 0 aromatic carbocycles. The van der Waals surface area contributed by atoms with E-state index in [-0.39, 0.29) is 0 Å². The first-order chi connectivity index (χ1) is 7.26. The van der Waals surface area contributed by atoms with E-state index in [9.17, 15) is 0 Å². The summed E-state index contributed by atoms with van der Waals surface area (Å²) >= 11 is 1.88. The first kappa shape index (κ1) is 10.5. The van der Waals surface area contributed by atoms with Crippen LogP contribution in [-0.2, 0) is 6.42 Å². The zero-order chi connectivity index (χ0) is 10.8. The lowest BCUT2D eigenvalue weighted by molar-refractivity contribution is 0.369. The minimum Gasteiger partial charge on any atom is -0.370 e. The van der Waals surface area contributed by atoms with Crippen LogP contribution in [-0.4, -0.2) is 23.9 Å². The van der Waals surface area contributed by atoms with Crippen LogP contribution in [0.3, 0.4) is 0 Å². The monoisotopic (exact) mass is 223 g/mol. The van der Waals surface area contributed by atoms with Gasteiger partial charge in [-0.25, -0.2) is 0 Å². The molecule has 0 bridgehead atoms. The first-order valence-electron chi connectivity index (χ1n) is 5.41. The van der Waals surface area contributed by atoms with Crippen molar-refractivity contribution >= 4 is 17.3 Å². The Bertz CT molecular complexity index is 370. The van der Waals surface area contributed by atoms with E-state index in [0.717, 1.165) is 19.5 Å². The van der Waals surface area contributed by atoms with Gasteiger partial charge in [-0.2, -0.15) is 0 Å². The van der Waals surface area contributed by atoms with Crippen molar-refractivity contribution in [1.29, 1.82) is 0 Å². The maximum Gasteiger partial charge on any atom is 0.191 e. The smallest absolute Gasteiger partial charge is 0.191 e. The molecular formula is C11H17N3S. The van der Waals surface area contributed by atoms with E-state index >= 15 is 0 Å². The standard InChI is InChI=1S/C11H17N3S/c1-3-8-5-6-10(15-8)9-7-13-11(12)14(9)4-2/h5-6,9H,3-4,7H2,1-2H3,(H2,12,13). The Kier molecular flexibility index (Phi) is 2.95. The highest BCUT2D eigenvalue weighted by Gasteiger charge is 2.26. The quantitative estimate of drug-likeness (QED) is 0.851. The van der Waals surface area contributed by atoms with Gasteiger partial charge >= 0.3 is 0 Å². The number of hydrogen-bond acceptors (Lipinski definition) is 4. The van der Waals surface area contributed by atoms with Crippen molar-refractivity contribution in [1.82, 2.24) is 4.90 Å². The van der Waals surface area contributed by atoms with Crippen LogP contribution in [0.1, 0.15) is 29.6 Å². The molecule has 0 saturated carbocycles. The average Bonchev–Trinajstić information content (AvgIpc) is 2.83. The van der Waals surface area contributed by atoms with Gasteiger partial charge < -0.3 is 10.6 Å². The molecule has 1 aliphatic rings. The molecule has 1 atom stereocenters. The van der Waals surface area contributed by atoms with E-state index in [1.54, 1.807) is 0 Å². The molecule has 1 aromatic heterocycles. The molecule has 2 N–H and O–H groups in total. The Labute approximate surface area is 94.6 Å². The Balaban J connectivity index is 2.18. The molecule has 3 nitrogen and oxygen atoms in total. The number of aryl methyl sites for hydroxylation is 1. The van der Waals surface area contributed by atoms with Crippen molar-refractivity contribution < 1.29 is 0 Å². The van der Waals surface area contributed by atoms with Crippen LogP contribution >= 0.6 is 11.3 Å². The summed E-state index contributed by atoms with van der Waals surface area (Å²) in [5.74, 6) is 0.689. The normalized spacial score (nSPS) is 20.8. The predicted octanol–water partition coefficient (Wildman–Crippen LogP) is 2.00. The van der Waals surface area contributed by atoms with Gasteiger partial charge in [0.1, 0.15) is 0 Å². The molecule has 15 heavy (non-hydrogen) atoms. The van der Waals surface area contributed by atoms with Gasteiger partial charge in [-0.3, -0.25) is 4.99 Å². The fourth-order valence-corrected chi connectivity index (χ4v) is 2.98. The van der Waals surface area contributed by atoms with Gasteiger partial charge in [0.25, 0.3) is 0 Å². The van der Waals surface area contributed by atoms with Gasteiger partial charge in [0, 0.05) is 16.3 Å². The summed E-state index contributed by atoms with van der Waals surface area (Å²) in [6, 6.07) is 4.80. The molecule has 0 fully saturated rings. The fourth-order valence-electron chi connectivity index (χ4n) is 1.92. The van der Waals surface area contributed by atoms with Crippen molar-refractivity contribution in [3.63, 3.8) is 0 Å². The van der Waals surface area contributed by atoms with Crippen molar-refractivity contribution in [2.45, 2.75) is 26.3 Å². The van der Waals surface area contributed by atoms with Gasteiger partial charge in [0.2, 0.25) is 0 Å². The second kappa shape index (κ2) is 4.23. The molecule has 1 unspecified atom stereocenters. The fraction of sp³-hybridized carbons (Fsp3) is 0.545. The largest absolute Gasteiger partial charge is 0.370 e. The second-order valence-corrected chi connectivity index (χ2v) is 4.86. The summed E-state index contributed by atoms with van der Waals surface area (Å²) in [4.78, 5) is 9.30. The van der Waals surface area contributed by atoms with E-state index < -0.39 is 0 Å². The Hall–Kier alpha value is -1.03. The third kappa shape index (κ3) is 1.86. The minimum atomic E-state index is 0.375. The summed E-state index contributed by atoms with van der Waals surface area (Å²) < 4.78 is 0. The zero-order valence-corrected chi connectivity index (χ0v) is 10.0. The molecule has 0 amide bonds. The van der Waals surface area contributed by atoms with E-state index in [1.807, 2.05) is 11.3 Å². The second-order valence-electron chi connectivity index (χ2n) is 3.66. The van der Waals surface area contributed by atoms with Crippen molar-refractivity contribution in [3.05, 3.63) is 21.9 Å². The minimum absolute atomic E-state index is 0.375. The van der Waals surface area contributed by atoms with Gasteiger partial charge in [-0.1, -0.05) is 6.92 Å². The van der Waals surface area contributed by atoms with Crippen molar-refractivity contribution in [2.75, 3.05) is 13.1 Å². The lowest BCUT2D eigenvalue weighted by atomic mass is 10.2. The van der Waals surface area contributed by atoms with Crippen LogP contribution in [0.4, 0.5) is 0 Å². The molecule has 1 aliphatic heterocycles. The zero-order valence-electron chi connectivity index (χ0n) is 9.23. The number of nitrogens with zero attached hydrogens (tertiary/aromatic N) is 2. The van der Waals surface area contributed by atoms with E-state index in [0.29, 0.717) is 12.0 Å². The number of nitrogens with two attached hydrogens (primary N) is 1. The number of rotatable bonds is 3. The number of likely N-dealkylation sites (N-methyl/N-ethyl adjacent to an activating group) is 1. The molecule has 0 saturated heterocycles. The Morgan fingerprint density at radius 3 is 2.93 bits per heavy atom. The summed E-state index contributed by atoms with van der Waals surface area (Å²) in [5.41, 5.74) is 5.84.